The van der Waals surface area contributed by atoms with Crippen molar-refractivity contribution in [3.05, 3.63) is 52.3 Å². The van der Waals surface area contributed by atoms with Gasteiger partial charge < -0.3 is 10.6 Å². The lowest BCUT2D eigenvalue weighted by Crippen LogP contribution is -2.14. The minimum atomic E-state index is -0.213. The molecule has 3 rings (SSSR count). The molecule has 0 saturated carbocycles. The molecule has 0 aliphatic rings. The molecule has 0 aliphatic heterocycles. The normalized spacial score (nSPS) is 10.5. The Hall–Kier alpha value is -2.29. The second kappa shape index (κ2) is 6.22. The third-order valence-corrected chi connectivity index (χ3v) is 4.05. The third-order valence-electron chi connectivity index (χ3n) is 3.19. The Kier molecular flexibility index (Phi) is 4.14. The quantitative estimate of drug-likeness (QED) is 0.656. The number of fused-ring (bicyclic) bond motifs is 1. The minimum absolute atomic E-state index is 0.213. The molecule has 3 heterocycles. The van der Waals surface area contributed by atoms with Gasteiger partial charge in [-0.25, -0.2) is 4.98 Å². The zero-order valence-corrected chi connectivity index (χ0v) is 13.8. The minimum Gasteiger partial charge on any atom is -0.373 e. The van der Waals surface area contributed by atoms with Crippen molar-refractivity contribution < 1.29 is 4.79 Å². The number of aromatic nitrogens is 3. The van der Waals surface area contributed by atoms with Crippen LogP contribution in [-0.4, -0.2) is 27.9 Å². The molecule has 0 atom stereocenters. The first-order valence-corrected chi connectivity index (χ1v) is 7.60. The largest absolute Gasteiger partial charge is 0.373 e. The predicted octanol–water partition coefficient (Wildman–Crippen LogP) is 2.92. The summed E-state index contributed by atoms with van der Waals surface area (Å²) in [5.41, 5.74) is 1.23. The van der Waals surface area contributed by atoms with Gasteiger partial charge >= 0.3 is 0 Å². The molecule has 110 valence electrons. The summed E-state index contributed by atoms with van der Waals surface area (Å²) in [6, 6.07) is 3.57. The number of halogens is 1. The highest BCUT2D eigenvalue weighted by molar-refractivity contribution is 14.1. The first kappa shape index (κ1) is 14.6. The fourth-order valence-corrected chi connectivity index (χ4v) is 2.61. The molecule has 0 aliphatic carbocycles. The maximum Gasteiger partial charge on any atom is 0.257 e. The molecule has 22 heavy (non-hydrogen) atoms. The Morgan fingerprint density at radius 2 is 1.86 bits per heavy atom. The number of carbonyl (C=O) groups excluding carboxylic acids is 1. The molecule has 7 heteroatoms. The lowest BCUT2D eigenvalue weighted by molar-refractivity contribution is 0.102. The highest BCUT2D eigenvalue weighted by Crippen LogP contribution is 2.24. The lowest BCUT2D eigenvalue weighted by Gasteiger charge is -2.11. The van der Waals surface area contributed by atoms with Crippen LogP contribution in [0.4, 0.5) is 11.5 Å². The molecule has 6 nitrogen and oxygen atoms in total. The third kappa shape index (κ3) is 2.71. The van der Waals surface area contributed by atoms with E-state index in [0.29, 0.717) is 11.4 Å². The van der Waals surface area contributed by atoms with Gasteiger partial charge in [0.2, 0.25) is 0 Å². The van der Waals surface area contributed by atoms with E-state index in [2.05, 4.69) is 48.2 Å². The van der Waals surface area contributed by atoms with Gasteiger partial charge in [-0.2, -0.15) is 0 Å². The summed E-state index contributed by atoms with van der Waals surface area (Å²) in [5, 5.41) is 7.50. The Morgan fingerprint density at radius 1 is 1.09 bits per heavy atom. The van der Waals surface area contributed by atoms with E-state index >= 15 is 0 Å². The number of anilines is 2. The van der Waals surface area contributed by atoms with Crippen LogP contribution in [0, 0.1) is 3.57 Å². The van der Waals surface area contributed by atoms with Crippen molar-refractivity contribution in [1.82, 2.24) is 15.0 Å². The smallest absolute Gasteiger partial charge is 0.257 e. The molecule has 0 radical (unpaired) electrons. The van der Waals surface area contributed by atoms with Crippen LogP contribution in [-0.2, 0) is 0 Å². The van der Waals surface area contributed by atoms with Crippen LogP contribution in [0.2, 0.25) is 0 Å². The standard InChI is InChI=1S/C15H12IN5O/c1-17-14-10-6-18-4-2-9(10)11(7-20-14)15(22)21-13-3-5-19-8-12(13)16/h2-8H,1H3,(H,17,20)(H,19,21,22). The Morgan fingerprint density at radius 3 is 2.64 bits per heavy atom. The molecule has 3 aromatic rings. The maximum absolute atomic E-state index is 12.6. The van der Waals surface area contributed by atoms with E-state index in [1.54, 1.807) is 44.1 Å². The van der Waals surface area contributed by atoms with Crippen molar-refractivity contribution in [2.75, 3.05) is 17.7 Å². The lowest BCUT2D eigenvalue weighted by atomic mass is 10.1. The van der Waals surface area contributed by atoms with Crippen molar-refractivity contribution in [3.63, 3.8) is 0 Å². The maximum atomic E-state index is 12.6. The van der Waals surface area contributed by atoms with Crippen molar-refractivity contribution in [2.24, 2.45) is 0 Å². The van der Waals surface area contributed by atoms with Gasteiger partial charge in [-0.15, -0.1) is 0 Å². The Bertz CT molecular complexity index is 852. The molecule has 0 unspecified atom stereocenters. The first-order chi connectivity index (χ1) is 10.7. The summed E-state index contributed by atoms with van der Waals surface area (Å²) in [5.74, 6) is 0.480. The number of nitrogens with zero attached hydrogens (tertiary/aromatic N) is 3. The Labute approximate surface area is 140 Å². The van der Waals surface area contributed by atoms with E-state index in [-0.39, 0.29) is 5.91 Å². The number of nitrogens with one attached hydrogen (secondary N) is 2. The summed E-state index contributed by atoms with van der Waals surface area (Å²) in [7, 11) is 1.79. The zero-order chi connectivity index (χ0) is 15.5. The summed E-state index contributed by atoms with van der Waals surface area (Å²) in [6.07, 6.45) is 8.26. The fraction of sp³-hybridized carbons (Fsp3) is 0.0667. The monoisotopic (exact) mass is 405 g/mol. The predicted molar refractivity (Wildman–Crippen MR) is 94.0 cm³/mol. The van der Waals surface area contributed by atoms with E-state index in [9.17, 15) is 4.79 Å². The highest BCUT2D eigenvalue weighted by Gasteiger charge is 2.14. The summed E-state index contributed by atoms with van der Waals surface area (Å²) < 4.78 is 0.874. The SMILES string of the molecule is CNc1ncc(C(=O)Nc2ccncc2I)c2ccncc12. The van der Waals surface area contributed by atoms with Gasteiger partial charge in [0.05, 0.1) is 14.8 Å². The molecule has 0 fully saturated rings. The number of carbonyl (C=O) groups is 1. The van der Waals surface area contributed by atoms with Crippen LogP contribution in [0.5, 0.6) is 0 Å². The molecule has 0 spiro atoms. The Balaban J connectivity index is 2.03. The van der Waals surface area contributed by atoms with Crippen LogP contribution in [0.1, 0.15) is 10.4 Å². The van der Waals surface area contributed by atoms with Crippen LogP contribution in [0.3, 0.4) is 0 Å². The first-order valence-electron chi connectivity index (χ1n) is 6.52. The molecule has 0 aromatic carbocycles. The van der Waals surface area contributed by atoms with Crippen LogP contribution >= 0.6 is 22.6 Å². The van der Waals surface area contributed by atoms with E-state index in [0.717, 1.165) is 20.0 Å². The number of rotatable bonds is 3. The molecule has 0 saturated heterocycles. The summed E-state index contributed by atoms with van der Waals surface area (Å²) in [6.45, 7) is 0. The van der Waals surface area contributed by atoms with Crippen molar-refractivity contribution in [1.29, 1.82) is 0 Å². The van der Waals surface area contributed by atoms with E-state index < -0.39 is 0 Å². The second-order valence-corrected chi connectivity index (χ2v) is 5.66. The number of hydrogen-bond acceptors (Lipinski definition) is 5. The molecular weight excluding hydrogens is 393 g/mol. The molecule has 0 bridgehead atoms. The fourth-order valence-electron chi connectivity index (χ4n) is 2.13. The molecular formula is C15H12IN5O. The average Bonchev–Trinajstić information content (AvgIpc) is 2.56. The van der Waals surface area contributed by atoms with E-state index in [1.807, 2.05) is 6.07 Å². The van der Waals surface area contributed by atoms with Crippen molar-refractivity contribution >= 4 is 50.8 Å². The molecule has 3 aromatic heterocycles. The average molecular weight is 405 g/mol. The van der Waals surface area contributed by atoms with E-state index in [4.69, 9.17) is 0 Å². The van der Waals surface area contributed by atoms with Crippen LogP contribution < -0.4 is 10.6 Å². The summed E-state index contributed by atoms with van der Waals surface area (Å²) in [4.78, 5) is 25.0. The topological polar surface area (TPSA) is 79.8 Å². The van der Waals surface area contributed by atoms with E-state index in [1.165, 1.54) is 0 Å². The number of hydrogen-bond donors (Lipinski definition) is 2. The molecule has 1 amide bonds. The second-order valence-electron chi connectivity index (χ2n) is 4.50. The van der Waals surface area contributed by atoms with Gasteiger partial charge in [0.25, 0.3) is 5.91 Å². The van der Waals surface area contributed by atoms with Gasteiger partial charge in [0.1, 0.15) is 5.82 Å². The van der Waals surface area contributed by atoms with Gasteiger partial charge in [-0.3, -0.25) is 14.8 Å². The van der Waals surface area contributed by atoms with Crippen molar-refractivity contribution in [2.45, 2.75) is 0 Å². The molecule has 2 N–H and O–H groups in total. The van der Waals surface area contributed by atoms with Gasteiger partial charge in [-0.05, 0) is 34.7 Å². The number of pyridine rings is 3. The zero-order valence-electron chi connectivity index (χ0n) is 11.7. The number of amides is 1. The van der Waals surface area contributed by atoms with Gasteiger partial charge in [-0.1, -0.05) is 0 Å². The summed E-state index contributed by atoms with van der Waals surface area (Å²) >= 11 is 2.13. The van der Waals surface area contributed by atoms with Gasteiger partial charge in [0.15, 0.2) is 0 Å². The van der Waals surface area contributed by atoms with Gasteiger partial charge in [0, 0.05) is 48.8 Å². The van der Waals surface area contributed by atoms with Crippen molar-refractivity contribution in [3.8, 4) is 0 Å². The van der Waals surface area contributed by atoms with Crippen LogP contribution in [0.15, 0.2) is 43.1 Å². The highest BCUT2D eigenvalue weighted by atomic mass is 127. The van der Waals surface area contributed by atoms with Crippen LogP contribution in [0.25, 0.3) is 10.8 Å².